The third-order valence-corrected chi connectivity index (χ3v) is 4.57. The smallest absolute Gasteiger partial charge is 0.326 e. The number of hydrogen-bond donors (Lipinski definition) is 8. The molecule has 0 heterocycles. The minimum Gasteiger partial charge on any atom is -0.481 e. The standard InChI is InChI=1S/C18H33N7O7/c1-3-9(2)14(19)16(30)25-11(7-13(27)28)15(29)23-8-12(26)24-10(17(31)32)5-4-6-22-18(20)21/h9-11,14H,3-8,19H2,1-2H3,(H,23,29)(H,24,26)(H,25,30)(H,27,28)(H,31,32)(H4,20,21,22). The molecule has 0 aliphatic heterocycles. The SMILES string of the molecule is CCC(C)C(N)C(=O)NC(CC(=O)O)C(=O)NCC(=O)NC(CCCN=C(N)N)C(=O)O. The Balaban J connectivity index is 4.85. The molecule has 0 saturated carbocycles. The normalized spacial score (nSPS) is 14.2. The molecule has 32 heavy (non-hydrogen) atoms. The molecule has 14 nitrogen and oxygen atoms in total. The van der Waals surface area contributed by atoms with Crippen LogP contribution in [-0.2, 0) is 24.0 Å². The van der Waals surface area contributed by atoms with Crippen molar-refractivity contribution in [3.63, 3.8) is 0 Å². The van der Waals surface area contributed by atoms with Gasteiger partial charge in [-0.1, -0.05) is 20.3 Å². The van der Waals surface area contributed by atoms with E-state index in [0.717, 1.165) is 0 Å². The Morgan fingerprint density at radius 1 is 1.00 bits per heavy atom. The summed E-state index contributed by atoms with van der Waals surface area (Å²) in [5.41, 5.74) is 16.1. The number of nitrogens with one attached hydrogen (secondary N) is 3. The monoisotopic (exact) mass is 459 g/mol. The molecule has 0 aromatic heterocycles. The van der Waals surface area contributed by atoms with Gasteiger partial charge in [0.2, 0.25) is 17.7 Å². The second-order valence-corrected chi connectivity index (χ2v) is 7.20. The summed E-state index contributed by atoms with van der Waals surface area (Å²) in [5.74, 6) is -5.41. The first kappa shape index (κ1) is 28.6. The summed E-state index contributed by atoms with van der Waals surface area (Å²) < 4.78 is 0. The second kappa shape index (κ2) is 14.6. The molecule has 0 spiro atoms. The summed E-state index contributed by atoms with van der Waals surface area (Å²) in [6.07, 6.45) is 0.192. The zero-order valence-corrected chi connectivity index (χ0v) is 18.2. The molecule has 0 bridgehead atoms. The number of guanidine groups is 1. The van der Waals surface area contributed by atoms with E-state index in [0.29, 0.717) is 6.42 Å². The molecule has 0 fully saturated rings. The molecule has 0 aromatic carbocycles. The van der Waals surface area contributed by atoms with E-state index in [1.165, 1.54) is 0 Å². The van der Waals surface area contributed by atoms with Crippen molar-refractivity contribution >= 4 is 35.6 Å². The van der Waals surface area contributed by atoms with Gasteiger partial charge in [0.15, 0.2) is 5.96 Å². The molecular weight excluding hydrogens is 426 g/mol. The van der Waals surface area contributed by atoms with E-state index in [-0.39, 0.29) is 31.3 Å². The number of carbonyl (C=O) groups is 5. The Labute approximate surface area is 185 Å². The summed E-state index contributed by atoms with van der Waals surface area (Å²) in [7, 11) is 0. The lowest BCUT2D eigenvalue weighted by atomic mass is 9.99. The van der Waals surface area contributed by atoms with Crippen LogP contribution in [0.3, 0.4) is 0 Å². The largest absolute Gasteiger partial charge is 0.481 e. The van der Waals surface area contributed by atoms with Gasteiger partial charge >= 0.3 is 11.9 Å². The van der Waals surface area contributed by atoms with Crippen LogP contribution in [0.25, 0.3) is 0 Å². The number of carboxylic acid groups (broad SMARTS) is 2. The van der Waals surface area contributed by atoms with Crippen LogP contribution >= 0.6 is 0 Å². The average Bonchev–Trinajstić information content (AvgIpc) is 2.71. The number of carboxylic acids is 2. The van der Waals surface area contributed by atoms with Crippen molar-refractivity contribution in [2.45, 2.75) is 57.7 Å². The Bertz CT molecular complexity index is 710. The van der Waals surface area contributed by atoms with Gasteiger partial charge in [-0.2, -0.15) is 0 Å². The number of carbonyl (C=O) groups excluding carboxylic acids is 3. The maximum atomic E-state index is 12.3. The van der Waals surface area contributed by atoms with E-state index in [2.05, 4.69) is 20.9 Å². The molecule has 0 saturated heterocycles. The summed E-state index contributed by atoms with van der Waals surface area (Å²) in [6.45, 7) is 3.11. The van der Waals surface area contributed by atoms with Crippen LogP contribution < -0.4 is 33.2 Å². The summed E-state index contributed by atoms with van der Waals surface area (Å²) >= 11 is 0. The number of hydrogen-bond acceptors (Lipinski definition) is 7. The number of amides is 3. The van der Waals surface area contributed by atoms with Gasteiger partial charge in [0.05, 0.1) is 19.0 Å². The highest BCUT2D eigenvalue weighted by Crippen LogP contribution is 2.06. The third kappa shape index (κ3) is 11.7. The summed E-state index contributed by atoms with van der Waals surface area (Å²) in [4.78, 5) is 62.6. The predicted molar refractivity (Wildman–Crippen MR) is 114 cm³/mol. The number of nitrogens with zero attached hydrogens (tertiary/aromatic N) is 1. The van der Waals surface area contributed by atoms with Gasteiger partial charge in [-0.25, -0.2) is 4.79 Å². The Morgan fingerprint density at radius 3 is 2.12 bits per heavy atom. The molecular formula is C18H33N7O7. The second-order valence-electron chi connectivity index (χ2n) is 7.20. The van der Waals surface area contributed by atoms with E-state index >= 15 is 0 Å². The fourth-order valence-electron chi connectivity index (χ4n) is 2.46. The minimum absolute atomic E-state index is 0.0387. The molecule has 0 aromatic rings. The first-order valence-electron chi connectivity index (χ1n) is 10.0. The lowest BCUT2D eigenvalue weighted by Gasteiger charge is -2.22. The number of nitrogens with two attached hydrogens (primary N) is 3. The van der Waals surface area contributed by atoms with Crippen LogP contribution in [0, 0.1) is 5.92 Å². The van der Waals surface area contributed by atoms with Gasteiger partial charge in [0.25, 0.3) is 0 Å². The highest BCUT2D eigenvalue weighted by molar-refractivity contribution is 5.94. The van der Waals surface area contributed by atoms with Crippen molar-refractivity contribution in [1.29, 1.82) is 0 Å². The molecule has 0 aliphatic carbocycles. The van der Waals surface area contributed by atoms with E-state index in [1.807, 2.05) is 6.92 Å². The predicted octanol–water partition coefficient (Wildman–Crippen LogP) is -2.94. The fourth-order valence-corrected chi connectivity index (χ4v) is 2.46. The van der Waals surface area contributed by atoms with Crippen LogP contribution in [0.4, 0.5) is 0 Å². The first-order chi connectivity index (χ1) is 14.9. The summed E-state index contributed by atoms with van der Waals surface area (Å²) in [5, 5.41) is 24.9. The zero-order valence-electron chi connectivity index (χ0n) is 18.2. The molecule has 0 rings (SSSR count). The van der Waals surface area contributed by atoms with Crippen LogP contribution in [0.2, 0.25) is 0 Å². The topological polar surface area (TPSA) is 252 Å². The number of aliphatic carboxylic acids is 2. The van der Waals surface area contributed by atoms with Crippen molar-refractivity contribution in [3.8, 4) is 0 Å². The lowest BCUT2D eigenvalue weighted by Crippen LogP contribution is -2.55. The van der Waals surface area contributed by atoms with E-state index in [1.54, 1.807) is 6.92 Å². The van der Waals surface area contributed by atoms with Gasteiger partial charge in [0, 0.05) is 6.54 Å². The zero-order chi connectivity index (χ0) is 24.8. The quantitative estimate of drug-likeness (QED) is 0.0702. The van der Waals surface area contributed by atoms with E-state index < -0.39 is 60.8 Å². The fraction of sp³-hybridized carbons (Fsp3) is 0.667. The Hall–Kier alpha value is -3.42. The number of aliphatic imine (C=N–C) groups is 1. The Kier molecular flexibility index (Phi) is 13.0. The molecule has 4 atom stereocenters. The summed E-state index contributed by atoms with van der Waals surface area (Å²) in [6, 6.07) is -3.64. The molecule has 11 N–H and O–H groups in total. The molecule has 0 aliphatic rings. The van der Waals surface area contributed by atoms with Crippen LogP contribution in [-0.4, -0.2) is 77.0 Å². The average molecular weight is 460 g/mol. The maximum Gasteiger partial charge on any atom is 0.326 e. The first-order valence-corrected chi connectivity index (χ1v) is 10.0. The third-order valence-electron chi connectivity index (χ3n) is 4.57. The molecule has 4 unspecified atom stereocenters. The van der Waals surface area contributed by atoms with Crippen molar-refractivity contribution in [3.05, 3.63) is 0 Å². The van der Waals surface area contributed by atoms with Crippen LogP contribution in [0.5, 0.6) is 0 Å². The van der Waals surface area contributed by atoms with Gasteiger partial charge in [0.1, 0.15) is 12.1 Å². The highest BCUT2D eigenvalue weighted by Gasteiger charge is 2.28. The van der Waals surface area contributed by atoms with Crippen molar-refractivity contribution in [1.82, 2.24) is 16.0 Å². The Morgan fingerprint density at radius 2 is 1.62 bits per heavy atom. The van der Waals surface area contributed by atoms with E-state index in [4.69, 9.17) is 22.3 Å². The van der Waals surface area contributed by atoms with Gasteiger partial charge in [-0.15, -0.1) is 0 Å². The lowest BCUT2D eigenvalue weighted by molar-refractivity contribution is -0.142. The van der Waals surface area contributed by atoms with Crippen molar-refractivity contribution < 1.29 is 34.2 Å². The highest BCUT2D eigenvalue weighted by atomic mass is 16.4. The molecule has 14 heteroatoms. The maximum absolute atomic E-state index is 12.3. The van der Waals surface area contributed by atoms with Gasteiger partial charge in [-0.05, 0) is 18.8 Å². The van der Waals surface area contributed by atoms with Gasteiger partial charge < -0.3 is 43.4 Å². The number of rotatable bonds is 15. The van der Waals surface area contributed by atoms with E-state index in [9.17, 15) is 29.1 Å². The molecule has 182 valence electrons. The van der Waals surface area contributed by atoms with Crippen molar-refractivity contribution in [2.75, 3.05) is 13.1 Å². The molecule has 3 amide bonds. The van der Waals surface area contributed by atoms with Crippen LogP contribution in [0.1, 0.15) is 39.5 Å². The van der Waals surface area contributed by atoms with Crippen molar-refractivity contribution in [2.24, 2.45) is 28.1 Å². The molecule has 0 radical (unpaired) electrons. The minimum atomic E-state index is -1.46. The van der Waals surface area contributed by atoms with Gasteiger partial charge in [-0.3, -0.25) is 24.2 Å². The van der Waals surface area contributed by atoms with Crippen LogP contribution in [0.15, 0.2) is 4.99 Å².